The minimum atomic E-state index is -2.23. The summed E-state index contributed by atoms with van der Waals surface area (Å²) in [4.78, 5) is 98.3. The first-order valence-corrected chi connectivity index (χ1v) is 48.1. The number of alkyl halides is 3. The number of carbonyl (C=O) groups is 8. The molecule has 0 aromatic heterocycles. The molecule has 13 N–H and O–H groups in total. The molecule has 9 saturated carbocycles. The molecule has 20 rings (SSSR count). The van der Waals surface area contributed by atoms with Gasteiger partial charge in [-0.25, -0.2) is 18.0 Å². The van der Waals surface area contributed by atoms with Crippen LogP contribution < -0.4 is 31.0 Å². The van der Waals surface area contributed by atoms with E-state index in [-0.39, 0.29) is 54.9 Å². The maximum Gasteiger partial charge on any atom is 0.412 e. The lowest BCUT2D eigenvalue weighted by atomic mass is 9.44. The standard InChI is InChI=1S/2C35H38FNO7.C21H27FO6.C19H21NO4/c2*1-32-13-12-24(39)14-22(32)10-11-26-27-16-30-35(29(41)18-38,33(27,2)17-28(40)34(26,32)36)44-31(43-30)21-8-6-20(7-9-21)19-42-25-5-3-4-23(37)15-25;1-18-6-5-12(24)7-11(18)3-4-13-14-8-15(25)21(28,17(27)10-23)19(14,2)9-16(26)20(13,18)22;1-19(2,3)24-18(22)20-16-5-4-6-17(11-16)23-13-15-9-7-14(12-21)8-10-15/h2*3-9,12-15,26-28,30-31,38,40H,10-11,16-19,37H2,1-2H3;5-7,13-16,23,25-26,28H,3-4,8-10H2,1-2H3;4-12H,13H2,1-3H3,(H,20,22)/t26-,27-,28-,30+,31+,32-,33-,34-,35+;26-,27-,28-,30+,31-,32-,33-,34-,35+;13-,14-,15+,16-,18-,19-,20-,21-;/m000./s1. The number of ether oxygens (including phenoxy) is 8. The smallest absolute Gasteiger partial charge is 0.412 e. The van der Waals surface area contributed by atoms with Crippen LogP contribution in [0.1, 0.15) is 190 Å². The Hall–Kier alpha value is -11.0. The summed E-state index contributed by atoms with van der Waals surface area (Å²) < 4.78 is 101. The van der Waals surface area contributed by atoms with Gasteiger partial charge in [0.15, 0.2) is 81.1 Å². The van der Waals surface area contributed by atoms with Crippen LogP contribution >= 0.6 is 0 Å². The Balaban J connectivity index is 0.000000133. The van der Waals surface area contributed by atoms with Gasteiger partial charge in [0.05, 0.1) is 36.6 Å². The first-order chi connectivity index (χ1) is 66.2. The molecule has 6 aromatic carbocycles. The summed E-state index contributed by atoms with van der Waals surface area (Å²) in [6, 6.07) is 43.7. The van der Waals surface area contributed by atoms with Crippen molar-refractivity contribution in [2.45, 2.75) is 248 Å². The first-order valence-electron chi connectivity index (χ1n) is 48.1. The number of amides is 1. The molecule has 30 heteroatoms. The van der Waals surface area contributed by atoms with E-state index in [9.17, 15) is 79.2 Å². The van der Waals surface area contributed by atoms with Gasteiger partial charge in [0.1, 0.15) is 68.8 Å². The molecule has 11 fully saturated rings. The van der Waals surface area contributed by atoms with E-state index in [1.54, 1.807) is 101 Å². The first kappa shape index (κ1) is 101. The van der Waals surface area contributed by atoms with Gasteiger partial charge in [-0.3, -0.25) is 38.9 Å². The number of aliphatic hydroxyl groups is 8. The van der Waals surface area contributed by atoms with Crippen molar-refractivity contribution in [2.75, 3.05) is 36.6 Å². The number of aliphatic hydroxyl groups excluding tert-OH is 7. The zero-order chi connectivity index (χ0) is 100. The fraction of sp³-hybridized carbons (Fsp3) is 0.491. The van der Waals surface area contributed by atoms with Crippen LogP contribution in [0.25, 0.3) is 0 Å². The van der Waals surface area contributed by atoms with Crippen molar-refractivity contribution in [3.63, 3.8) is 0 Å². The molecule has 27 nitrogen and oxygen atoms in total. The topological polar surface area (TPSA) is 436 Å². The molecule has 14 aliphatic rings. The molecule has 12 aliphatic carbocycles. The summed E-state index contributed by atoms with van der Waals surface area (Å²) in [5, 5.41) is 88.5. The fourth-order valence-electron chi connectivity index (χ4n) is 27.3. The van der Waals surface area contributed by atoms with Gasteiger partial charge in [-0.15, -0.1) is 0 Å². The SMILES string of the molecule is CC(C)(C)OC(=O)Nc1cccc(OCc2ccc(C=O)cc2)c1.C[C@]12C=CC(=O)C=C1CC[C@H]1[C@@H]3C[C@@H](O)[C@](O)(C(=O)CO)[C@@]3(C)C[C@H](O)[C@@]12F.C[C@]12C=CC(=O)C=C1CC[C@H]1[C@@H]3C[C@H]4O[C@@H](c5ccc(COc6cccc(N)c6)cc5)O[C@@]4(C(=O)CO)[C@@]3(C)C[C@H](O)[C@@]12F.C[C@]12C=CC(=O)C=C1CC[C@H]1[C@@H]3C[C@H]4O[C@H](c5ccc(COc6cccc(N)c6)cc5)O[C@@]4(C(=O)CO)[C@@]3(C)C[C@H](O)[C@@]12F. The molecule has 0 spiro atoms. The predicted octanol–water partition coefficient (Wildman–Crippen LogP) is 14.1. The summed E-state index contributed by atoms with van der Waals surface area (Å²) in [6.07, 6.45) is 7.67. The van der Waals surface area contributed by atoms with Gasteiger partial charge in [0.25, 0.3) is 0 Å². The molecule has 744 valence electrons. The number of nitrogens with one attached hydrogen (secondary N) is 1. The van der Waals surface area contributed by atoms with Crippen LogP contribution in [0.4, 0.5) is 35.0 Å². The predicted molar refractivity (Wildman–Crippen MR) is 507 cm³/mol. The average molecular weight is 1930 g/mol. The van der Waals surface area contributed by atoms with Crippen LogP contribution in [-0.2, 0) is 72.3 Å². The number of aldehydes is 1. The average Bonchev–Trinajstić information content (AvgIpc) is 1.49. The molecule has 0 bridgehead atoms. The molecule has 2 heterocycles. The number of ketones is 6. The zero-order valence-electron chi connectivity index (χ0n) is 79.8. The van der Waals surface area contributed by atoms with Crippen molar-refractivity contribution in [3.05, 3.63) is 250 Å². The molecule has 0 unspecified atom stereocenters. The molecule has 140 heavy (non-hydrogen) atoms. The number of nitrogens with two attached hydrogens (primary N) is 2. The second kappa shape index (κ2) is 37.1. The van der Waals surface area contributed by atoms with Crippen molar-refractivity contribution in [1.29, 1.82) is 0 Å². The van der Waals surface area contributed by atoms with Crippen LogP contribution in [0.2, 0.25) is 0 Å². The maximum atomic E-state index is 17.5. The Morgan fingerprint density at radius 1 is 0.464 bits per heavy atom. The van der Waals surface area contributed by atoms with Gasteiger partial charge in [0.2, 0.25) is 0 Å². The second-order valence-corrected chi connectivity index (χ2v) is 42.7. The van der Waals surface area contributed by atoms with E-state index in [0.717, 1.165) is 23.0 Å². The Morgan fingerprint density at radius 3 is 1.17 bits per heavy atom. The monoisotopic (exact) mass is 1930 g/mol. The maximum absolute atomic E-state index is 17.5. The minimum absolute atomic E-state index is 0.0135. The number of allylic oxidation sites excluding steroid dienone is 12. The molecule has 26 atom stereocenters. The fourth-order valence-corrected chi connectivity index (χ4v) is 27.3. The van der Waals surface area contributed by atoms with Crippen molar-refractivity contribution in [1.82, 2.24) is 0 Å². The van der Waals surface area contributed by atoms with E-state index in [4.69, 9.17) is 49.4 Å². The van der Waals surface area contributed by atoms with E-state index in [2.05, 4.69) is 5.32 Å². The van der Waals surface area contributed by atoms with Crippen LogP contribution in [0.15, 0.2) is 217 Å². The number of carbonyl (C=O) groups excluding carboxylic acids is 8. The molecular formula is C110H124F3N3O24. The zero-order valence-corrected chi connectivity index (χ0v) is 79.8. The third-order valence-electron chi connectivity index (χ3n) is 34.3. The highest BCUT2D eigenvalue weighted by Gasteiger charge is 2.83. The van der Waals surface area contributed by atoms with Crippen LogP contribution in [-0.4, -0.2) is 184 Å². The molecule has 6 aromatic rings. The van der Waals surface area contributed by atoms with E-state index in [1.165, 1.54) is 42.5 Å². The van der Waals surface area contributed by atoms with E-state index in [0.29, 0.717) is 139 Å². The minimum Gasteiger partial charge on any atom is -0.489 e. The van der Waals surface area contributed by atoms with Gasteiger partial charge in [-0.05, 0) is 226 Å². The highest BCUT2D eigenvalue weighted by atomic mass is 19.2. The molecule has 1 amide bonds. The Kier molecular flexibility index (Phi) is 26.6. The van der Waals surface area contributed by atoms with E-state index in [1.807, 2.05) is 120 Å². The number of hydrogen-bond donors (Lipinski definition) is 11. The lowest BCUT2D eigenvalue weighted by molar-refractivity contribution is -0.231. The summed E-state index contributed by atoms with van der Waals surface area (Å²) in [5.41, 5.74) is 1.56. The molecular weight excluding hydrogens is 1800 g/mol. The quantitative estimate of drug-likeness (QED) is 0.0265. The second-order valence-electron chi connectivity index (χ2n) is 42.7. The van der Waals surface area contributed by atoms with Gasteiger partial charge in [-0.1, -0.05) is 147 Å². The molecule has 2 saturated heterocycles. The number of benzene rings is 6. The summed E-state index contributed by atoms with van der Waals surface area (Å²) in [6.45, 7) is 14.5. The lowest BCUT2D eigenvalue weighted by Crippen LogP contribution is -2.69. The summed E-state index contributed by atoms with van der Waals surface area (Å²) >= 11 is 0. The van der Waals surface area contributed by atoms with Crippen LogP contribution in [0.5, 0.6) is 17.2 Å². The lowest BCUT2D eigenvalue weighted by Gasteiger charge is -2.62. The van der Waals surface area contributed by atoms with Gasteiger partial charge < -0.3 is 90.2 Å². The van der Waals surface area contributed by atoms with Crippen molar-refractivity contribution < 1.29 is 130 Å². The van der Waals surface area contributed by atoms with E-state index < -0.39 is 188 Å². The van der Waals surface area contributed by atoms with Crippen molar-refractivity contribution >= 4 is 64.1 Å². The Morgan fingerprint density at radius 2 is 0.814 bits per heavy atom. The number of halogens is 3. The highest BCUT2D eigenvalue weighted by molar-refractivity contribution is 6.03. The molecule has 2 aliphatic heterocycles. The largest absolute Gasteiger partial charge is 0.489 e. The highest BCUT2D eigenvalue weighted by Crippen LogP contribution is 2.76. The summed E-state index contributed by atoms with van der Waals surface area (Å²) in [5.74, 6) is -3.73. The number of hydrogen-bond acceptors (Lipinski definition) is 26. The number of nitrogen functional groups attached to an aromatic ring is 2. The van der Waals surface area contributed by atoms with Crippen LogP contribution in [0, 0.1) is 68.0 Å². The number of rotatable bonds is 19. The van der Waals surface area contributed by atoms with E-state index >= 15 is 13.2 Å². The Labute approximate surface area is 810 Å². The van der Waals surface area contributed by atoms with Gasteiger partial charge >= 0.3 is 6.09 Å². The van der Waals surface area contributed by atoms with Gasteiger partial charge in [0, 0.05) is 102 Å². The third kappa shape index (κ3) is 16.2. The number of anilines is 3. The number of fused-ring (bicyclic) bond motifs is 19. The normalized spacial score (nSPS) is 37.8. The third-order valence-corrected chi connectivity index (χ3v) is 34.3. The van der Waals surface area contributed by atoms with Crippen molar-refractivity contribution in [2.24, 2.45) is 68.0 Å². The summed E-state index contributed by atoms with van der Waals surface area (Å²) in [7, 11) is 0. The molecule has 0 radical (unpaired) electrons. The number of Topliss-reactive ketones (excluding diaryl/α,β-unsaturated/α-hetero) is 3. The van der Waals surface area contributed by atoms with Crippen molar-refractivity contribution in [3.8, 4) is 17.2 Å². The van der Waals surface area contributed by atoms with Gasteiger partial charge in [-0.2, -0.15) is 0 Å². The Bertz CT molecular complexity index is 5830. The van der Waals surface area contributed by atoms with Crippen LogP contribution in [0.3, 0.4) is 0 Å².